The van der Waals surface area contributed by atoms with Crippen LogP contribution in [0.4, 0.5) is 0 Å². The minimum atomic E-state index is -1.17. The molecule has 4 N–H and O–H groups in total. The number of benzene rings is 1. The molecule has 0 spiro atoms. The Kier molecular flexibility index (Phi) is 10.9. The summed E-state index contributed by atoms with van der Waals surface area (Å²) in [5.74, 6) is -0.596. The van der Waals surface area contributed by atoms with Gasteiger partial charge in [0.25, 0.3) is 0 Å². The number of ether oxygens (including phenoxy) is 4. The fourth-order valence-corrected chi connectivity index (χ4v) is 4.95. The quantitative estimate of drug-likeness (QED) is 0.250. The molecule has 1 aliphatic heterocycles. The molecule has 1 aromatic carbocycles. The first-order chi connectivity index (χ1) is 18.3. The minimum Gasteiger partial charge on any atom is -0.493 e. The van der Waals surface area contributed by atoms with Crippen LogP contribution in [0, 0.1) is 0 Å². The van der Waals surface area contributed by atoms with Crippen LogP contribution in [0.25, 0.3) is 0 Å². The third-order valence-electron chi connectivity index (χ3n) is 6.69. The lowest BCUT2D eigenvalue weighted by Gasteiger charge is -2.40. The van der Waals surface area contributed by atoms with Gasteiger partial charge >= 0.3 is 0 Å². The van der Waals surface area contributed by atoms with E-state index in [4.69, 9.17) is 18.9 Å². The van der Waals surface area contributed by atoms with Gasteiger partial charge in [0.1, 0.15) is 12.2 Å². The van der Waals surface area contributed by atoms with Gasteiger partial charge in [0.05, 0.1) is 51.4 Å². The maximum Gasteiger partial charge on any atom is 0.247 e. The molecule has 0 aromatic heterocycles. The largest absolute Gasteiger partial charge is 0.493 e. The molecule has 212 valence electrons. The minimum absolute atomic E-state index is 0.0392. The van der Waals surface area contributed by atoms with Crippen LogP contribution in [0.2, 0.25) is 0 Å². The van der Waals surface area contributed by atoms with E-state index in [0.29, 0.717) is 47.8 Å². The average Bonchev–Trinajstić information content (AvgIpc) is 3.30. The molecule has 0 saturated heterocycles. The number of hydrogen-bond donors (Lipinski definition) is 4. The summed E-state index contributed by atoms with van der Waals surface area (Å²) < 4.78 is 22.4. The Balaban J connectivity index is 2.03. The van der Waals surface area contributed by atoms with Crippen molar-refractivity contribution in [2.75, 3.05) is 47.1 Å². The molecule has 1 aliphatic carbocycles. The molecular formula is C27H40N2O9. The summed E-state index contributed by atoms with van der Waals surface area (Å²) in [5.41, 5.74) is 1.47. The fraction of sp³-hybridized carbons (Fsp3) is 0.630. The summed E-state index contributed by atoms with van der Waals surface area (Å²) in [6, 6.07) is 2.52. The van der Waals surface area contributed by atoms with E-state index in [1.165, 1.54) is 14.2 Å². The number of nitrogens with one attached hydrogen (secondary N) is 1. The topological polar surface area (TPSA) is 147 Å². The van der Waals surface area contributed by atoms with Crippen LogP contribution in [0.5, 0.6) is 11.5 Å². The zero-order valence-electron chi connectivity index (χ0n) is 22.5. The lowest BCUT2D eigenvalue weighted by molar-refractivity contribution is -0.138. The fourth-order valence-electron chi connectivity index (χ4n) is 4.95. The number of rotatable bonds is 14. The first kappa shape index (κ1) is 29.9. The predicted molar refractivity (Wildman–Crippen MR) is 138 cm³/mol. The second kappa shape index (κ2) is 13.9. The van der Waals surface area contributed by atoms with Crippen LogP contribution < -0.4 is 14.8 Å². The van der Waals surface area contributed by atoms with Gasteiger partial charge in [-0.3, -0.25) is 9.59 Å². The molecule has 0 radical (unpaired) electrons. The van der Waals surface area contributed by atoms with E-state index in [2.05, 4.69) is 5.32 Å². The Morgan fingerprint density at radius 2 is 1.95 bits per heavy atom. The molecule has 2 aliphatic rings. The van der Waals surface area contributed by atoms with Gasteiger partial charge in [0.15, 0.2) is 11.5 Å². The molecule has 1 heterocycles. The molecule has 3 rings (SSSR count). The first-order valence-electron chi connectivity index (χ1n) is 12.9. The molecule has 0 fully saturated rings. The average molecular weight is 537 g/mol. The van der Waals surface area contributed by atoms with E-state index in [0.717, 1.165) is 0 Å². The van der Waals surface area contributed by atoms with Crippen LogP contribution >= 0.6 is 0 Å². The molecule has 11 heteroatoms. The lowest BCUT2D eigenvalue weighted by atomic mass is 9.77. The number of nitrogens with zero attached hydrogens (tertiary/aromatic N) is 1. The molecule has 4 unspecified atom stereocenters. The SMILES string of the molecule is COCCC(=O)N(CCCOC(C)C)C1C=C(C(=O)NCCO)C2c3cc(CO)cc(OC)c3OC2C1O. The number of fused-ring (bicyclic) bond motifs is 3. The molecule has 4 atom stereocenters. The maximum atomic E-state index is 13.3. The van der Waals surface area contributed by atoms with Crippen molar-refractivity contribution >= 4 is 11.8 Å². The maximum absolute atomic E-state index is 13.3. The van der Waals surface area contributed by atoms with E-state index < -0.39 is 30.1 Å². The third-order valence-corrected chi connectivity index (χ3v) is 6.69. The van der Waals surface area contributed by atoms with Gasteiger partial charge in [-0.05, 0) is 44.0 Å². The first-order valence-corrected chi connectivity index (χ1v) is 12.9. The number of carbonyl (C=O) groups excluding carboxylic acids is 2. The summed E-state index contributed by atoms with van der Waals surface area (Å²) in [6.45, 7) is 4.34. The van der Waals surface area contributed by atoms with Crippen molar-refractivity contribution in [3.05, 3.63) is 34.9 Å². The summed E-state index contributed by atoms with van der Waals surface area (Å²) in [6.07, 6.45) is 0.239. The van der Waals surface area contributed by atoms with Crippen LogP contribution in [0.15, 0.2) is 23.8 Å². The highest BCUT2D eigenvalue weighted by Crippen LogP contribution is 2.51. The molecule has 2 amide bonds. The number of methoxy groups -OCH3 is 2. The van der Waals surface area contributed by atoms with Crippen molar-refractivity contribution in [2.45, 2.75) is 63.6 Å². The van der Waals surface area contributed by atoms with Gasteiger partial charge in [-0.2, -0.15) is 0 Å². The summed E-state index contributed by atoms with van der Waals surface area (Å²) >= 11 is 0. The molecule has 0 bridgehead atoms. The van der Waals surface area contributed by atoms with Crippen molar-refractivity contribution in [3.8, 4) is 11.5 Å². The van der Waals surface area contributed by atoms with Gasteiger partial charge in [0.2, 0.25) is 11.8 Å². The second-order valence-electron chi connectivity index (χ2n) is 9.62. The highest BCUT2D eigenvalue weighted by atomic mass is 16.5. The van der Waals surface area contributed by atoms with E-state index in [-0.39, 0.29) is 44.8 Å². The van der Waals surface area contributed by atoms with Crippen molar-refractivity contribution in [2.24, 2.45) is 0 Å². The number of amides is 2. The molecule has 0 saturated carbocycles. The van der Waals surface area contributed by atoms with Gasteiger partial charge in [-0.1, -0.05) is 0 Å². The van der Waals surface area contributed by atoms with Gasteiger partial charge in [-0.25, -0.2) is 0 Å². The molecule has 38 heavy (non-hydrogen) atoms. The van der Waals surface area contributed by atoms with Crippen LogP contribution in [-0.4, -0.2) is 104 Å². The molecule has 1 aromatic rings. The van der Waals surface area contributed by atoms with Crippen LogP contribution in [0.3, 0.4) is 0 Å². The Hall–Kier alpha value is -2.70. The predicted octanol–water partition coefficient (Wildman–Crippen LogP) is 0.490. The number of carbonyl (C=O) groups is 2. The van der Waals surface area contributed by atoms with Crippen LogP contribution in [-0.2, 0) is 25.7 Å². The van der Waals surface area contributed by atoms with Gasteiger partial charge < -0.3 is 44.5 Å². The monoisotopic (exact) mass is 536 g/mol. The van der Waals surface area contributed by atoms with E-state index >= 15 is 0 Å². The standard InChI is InChI=1S/C27H40N2O9/c1-16(2)37-10-5-8-29(22(32)6-11-35-3)20-14-19(27(34)28-7-9-30)23-18-12-17(15-31)13-21(36-4)25(18)38-26(23)24(20)33/h12-14,16,20,23-24,26,30-31,33H,5-11,15H2,1-4H3,(H,28,34). The van der Waals surface area contributed by atoms with Crippen molar-refractivity contribution < 1.29 is 43.9 Å². The van der Waals surface area contributed by atoms with E-state index in [9.17, 15) is 24.9 Å². The lowest BCUT2D eigenvalue weighted by Crippen LogP contribution is -2.56. The van der Waals surface area contributed by atoms with E-state index in [1.54, 1.807) is 23.1 Å². The van der Waals surface area contributed by atoms with Crippen molar-refractivity contribution in [3.63, 3.8) is 0 Å². The summed E-state index contributed by atoms with van der Waals surface area (Å²) in [5, 5.41) is 33.3. The smallest absolute Gasteiger partial charge is 0.247 e. The molecular weight excluding hydrogens is 496 g/mol. The van der Waals surface area contributed by atoms with Crippen molar-refractivity contribution in [1.29, 1.82) is 0 Å². The highest BCUT2D eigenvalue weighted by Gasteiger charge is 2.51. The Bertz CT molecular complexity index is 997. The second-order valence-corrected chi connectivity index (χ2v) is 9.62. The zero-order chi connectivity index (χ0) is 27.8. The summed E-state index contributed by atoms with van der Waals surface area (Å²) in [7, 11) is 2.98. The van der Waals surface area contributed by atoms with E-state index in [1.807, 2.05) is 13.8 Å². The Labute approximate surface area is 223 Å². The molecule has 11 nitrogen and oxygen atoms in total. The zero-order valence-corrected chi connectivity index (χ0v) is 22.5. The van der Waals surface area contributed by atoms with Gasteiger partial charge in [0, 0.05) is 37.9 Å². The summed E-state index contributed by atoms with van der Waals surface area (Å²) in [4.78, 5) is 28.1. The number of aliphatic hydroxyl groups excluding tert-OH is 3. The highest BCUT2D eigenvalue weighted by molar-refractivity contribution is 5.96. The Morgan fingerprint density at radius 3 is 2.58 bits per heavy atom. The van der Waals surface area contributed by atoms with Crippen LogP contribution in [0.1, 0.15) is 43.7 Å². The number of hydrogen-bond acceptors (Lipinski definition) is 9. The Morgan fingerprint density at radius 1 is 1.18 bits per heavy atom. The third kappa shape index (κ3) is 6.65. The van der Waals surface area contributed by atoms with Gasteiger partial charge in [-0.15, -0.1) is 0 Å². The number of aliphatic hydroxyl groups is 3. The van der Waals surface area contributed by atoms with Crippen molar-refractivity contribution in [1.82, 2.24) is 10.2 Å². The normalized spacial score (nSPS) is 21.8.